The molecule has 2 aromatic carbocycles. The normalized spacial score (nSPS) is 10.3. The van der Waals surface area contributed by atoms with E-state index in [-0.39, 0.29) is 0 Å². The molecule has 0 spiro atoms. The standard InChI is InChI=1S/C16H18ClNO/c1-12-4-3-5-15(10-12)18-8-9-19-16-11-14(17)7-6-13(16)2/h3-7,10-11,18H,8-9H2,1-2H3. The molecule has 0 saturated carbocycles. The molecule has 0 bridgehead atoms. The van der Waals surface area contributed by atoms with E-state index in [1.165, 1.54) is 5.56 Å². The Morgan fingerprint density at radius 3 is 2.74 bits per heavy atom. The monoisotopic (exact) mass is 275 g/mol. The first kappa shape index (κ1) is 13.8. The smallest absolute Gasteiger partial charge is 0.123 e. The minimum atomic E-state index is 0.606. The Morgan fingerprint density at radius 1 is 1.11 bits per heavy atom. The number of ether oxygens (including phenoxy) is 1. The van der Waals surface area contributed by atoms with Crippen molar-refractivity contribution in [3.05, 3.63) is 58.6 Å². The summed E-state index contributed by atoms with van der Waals surface area (Å²) in [5, 5.41) is 4.03. The summed E-state index contributed by atoms with van der Waals surface area (Å²) in [5.74, 6) is 0.846. The summed E-state index contributed by atoms with van der Waals surface area (Å²) in [6, 6.07) is 14.0. The van der Waals surface area contributed by atoms with Gasteiger partial charge in [0.25, 0.3) is 0 Å². The van der Waals surface area contributed by atoms with E-state index in [0.717, 1.165) is 23.5 Å². The topological polar surface area (TPSA) is 21.3 Å². The molecule has 0 aliphatic heterocycles. The molecule has 0 aliphatic rings. The first-order valence-electron chi connectivity index (χ1n) is 6.34. The number of hydrogen-bond acceptors (Lipinski definition) is 2. The van der Waals surface area contributed by atoms with Gasteiger partial charge in [-0.05, 0) is 49.2 Å². The van der Waals surface area contributed by atoms with Crippen molar-refractivity contribution in [3.63, 3.8) is 0 Å². The Kier molecular flexibility index (Phi) is 4.69. The molecule has 19 heavy (non-hydrogen) atoms. The first-order valence-corrected chi connectivity index (χ1v) is 6.72. The average Bonchev–Trinajstić information content (AvgIpc) is 2.39. The van der Waals surface area contributed by atoms with Crippen LogP contribution in [-0.2, 0) is 0 Å². The van der Waals surface area contributed by atoms with Crippen LogP contribution in [0.4, 0.5) is 5.69 Å². The summed E-state index contributed by atoms with van der Waals surface area (Å²) in [5.41, 5.74) is 3.46. The van der Waals surface area contributed by atoms with E-state index >= 15 is 0 Å². The third-order valence-electron chi connectivity index (χ3n) is 2.86. The molecule has 0 aliphatic carbocycles. The van der Waals surface area contributed by atoms with E-state index in [2.05, 4.69) is 30.4 Å². The zero-order valence-corrected chi connectivity index (χ0v) is 12.0. The Hall–Kier alpha value is -1.67. The fraction of sp³-hybridized carbons (Fsp3) is 0.250. The van der Waals surface area contributed by atoms with E-state index in [1.807, 2.05) is 31.2 Å². The predicted octanol–water partition coefficient (Wildman–Crippen LogP) is 4.45. The molecule has 0 unspecified atom stereocenters. The lowest BCUT2D eigenvalue weighted by molar-refractivity contribution is 0.330. The first-order chi connectivity index (χ1) is 9.15. The van der Waals surface area contributed by atoms with Crippen molar-refractivity contribution >= 4 is 17.3 Å². The molecule has 2 nitrogen and oxygen atoms in total. The molecule has 0 atom stereocenters. The van der Waals surface area contributed by atoms with E-state index in [4.69, 9.17) is 16.3 Å². The van der Waals surface area contributed by atoms with Gasteiger partial charge in [0, 0.05) is 17.3 Å². The van der Waals surface area contributed by atoms with Gasteiger partial charge in [0.2, 0.25) is 0 Å². The highest BCUT2D eigenvalue weighted by molar-refractivity contribution is 6.30. The molecule has 1 N–H and O–H groups in total. The number of rotatable bonds is 5. The van der Waals surface area contributed by atoms with Crippen molar-refractivity contribution < 1.29 is 4.74 Å². The second-order valence-electron chi connectivity index (χ2n) is 4.55. The fourth-order valence-electron chi connectivity index (χ4n) is 1.84. The molecular formula is C16H18ClNO. The predicted molar refractivity (Wildman–Crippen MR) is 81.4 cm³/mol. The fourth-order valence-corrected chi connectivity index (χ4v) is 2.00. The number of anilines is 1. The van der Waals surface area contributed by atoms with Gasteiger partial charge in [-0.25, -0.2) is 0 Å². The van der Waals surface area contributed by atoms with Crippen molar-refractivity contribution in [3.8, 4) is 5.75 Å². The Labute approximate surface area is 119 Å². The van der Waals surface area contributed by atoms with Gasteiger partial charge >= 0.3 is 0 Å². The lowest BCUT2D eigenvalue weighted by Crippen LogP contribution is -2.11. The molecule has 0 amide bonds. The van der Waals surface area contributed by atoms with Gasteiger partial charge in [0.15, 0.2) is 0 Å². The summed E-state index contributed by atoms with van der Waals surface area (Å²) in [6.07, 6.45) is 0. The van der Waals surface area contributed by atoms with Crippen LogP contribution in [0.1, 0.15) is 11.1 Å². The molecule has 100 valence electrons. The van der Waals surface area contributed by atoms with Crippen LogP contribution in [0.5, 0.6) is 5.75 Å². The summed E-state index contributed by atoms with van der Waals surface area (Å²) in [7, 11) is 0. The van der Waals surface area contributed by atoms with E-state index in [9.17, 15) is 0 Å². The van der Waals surface area contributed by atoms with Crippen LogP contribution < -0.4 is 10.1 Å². The maximum Gasteiger partial charge on any atom is 0.123 e. The summed E-state index contributed by atoms with van der Waals surface area (Å²) in [6.45, 7) is 5.46. The Balaban J connectivity index is 1.82. The summed E-state index contributed by atoms with van der Waals surface area (Å²) >= 11 is 5.95. The molecule has 0 aromatic heterocycles. The quantitative estimate of drug-likeness (QED) is 0.814. The molecular weight excluding hydrogens is 258 g/mol. The second kappa shape index (κ2) is 6.48. The number of benzene rings is 2. The van der Waals surface area contributed by atoms with Gasteiger partial charge in [-0.1, -0.05) is 29.8 Å². The number of aryl methyl sites for hydroxylation is 2. The van der Waals surface area contributed by atoms with Crippen LogP contribution >= 0.6 is 11.6 Å². The minimum absolute atomic E-state index is 0.606. The van der Waals surface area contributed by atoms with Gasteiger partial charge in [-0.15, -0.1) is 0 Å². The van der Waals surface area contributed by atoms with Crippen LogP contribution in [0.15, 0.2) is 42.5 Å². The lowest BCUT2D eigenvalue weighted by atomic mass is 10.2. The summed E-state index contributed by atoms with van der Waals surface area (Å²) < 4.78 is 5.72. The average molecular weight is 276 g/mol. The number of nitrogens with one attached hydrogen (secondary N) is 1. The van der Waals surface area contributed by atoms with Crippen LogP contribution in [0.3, 0.4) is 0 Å². The molecule has 2 aromatic rings. The van der Waals surface area contributed by atoms with Crippen LogP contribution in [0, 0.1) is 13.8 Å². The third-order valence-corrected chi connectivity index (χ3v) is 3.09. The van der Waals surface area contributed by atoms with Crippen LogP contribution in [0.25, 0.3) is 0 Å². The molecule has 3 heteroatoms. The Morgan fingerprint density at radius 2 is 1.95 bits per heavy atom. The van der Waals surface area contributed by atoms with Crippen molar-refractivity contribution in [2.75, 3.05) is 18.5 Å². The molecule has 0 fully saturated rings. The van der Waals surface area contributed by atoms with Gasteiger partial charge in [0.1, 0.15) is 12.4 Å². The van der Waals surface area contributed by atoms with E-state index in [1.54, 1.807) is 0 Å². The van der Waals surface area contributed by atoms with Gasteiger partial charge in [-0.3, -0.25) is 0 Å². The zero-order chi connectivity index (χ0) is 13.7. The van der Waals surface area contributed by atoms with Gasteiger partial charge in [-0.2, -0.15) is 0 Å². The van der Waals surface area contributed by atoms with Gasteiger partial charge in [0.05, 0.1) is 0 Å². The maximum atomic E-state index is 5.95. The highest BCUT2D eigenvalue weighted by atomic mass is 35.5. The minimum Gasteiger partial charge on any atom is -0.491 e. The lowest BCUT2D eigenvalue weighted by Gasteiger charge is -2.11. The second-order valence-corrected chi connectivity index (χ2v) is 4.99. The highest BCUT2D eigenvalue weighted by Gasteiger charge is 2.00. The molecule has 0 radical (unpaired) electrons. The molecule has 2 rings (SSSR count). The highest BCUT2D eigenvalue weighted by Crippen LogP contribution is 2.22. The van der Waals surface area contributed by atoms with Crippen LogP contribution in [0.2, 0.25) is 5.02 Å². The van der Waals surface area contributed by atoms with Crippen LogP contribution in [-0.4, -0.2) is 13.2 Å². The van der Waals surface area contributed by atoms with E-state index in [0.29, 0.717) is 11.6 Å². The van der Waals surface area contributed by atoms with Gasteiger partial charge < -0.3 is 10.1 Å². The molecule has 0 saturated heterocycles. The zero-order valence-electron chi connectivity index (χ0n) is 11.2. The number of hydrogen-bond donors (Lipinski definition) is 1. The van der Waals surface area contributed by atoms with Crippen molar-refractivity contribution in [1.82, 2.24) is 0 Å². The summed E-state index contributed by atoms with van der Waals surface area (Å²) in [4.78, 5) is 0. The van der Waals surface area contributed by atoms with Crippen molar-refractivity contribution in [1.29, 1.82) is 0 Å². The largest absolute Gasteiger partial charge is 0.491 e. The number of halogens is 1. The maximum absolute atomic E-state index is 5.95. The third kappa shape index (κ3) is 4.18. The Bertz CT molecular complexity index is 554. The van der Waals surface area contributed by atoms with Crippen molar-refractivity contribution in [2.24, 2.45) is 0 Å². The molecule has 0 heterocycles. The van der Waals surface area contributed by atoms with E-state index < -0.39 is 0 Å². The van der Waals surface area contributed by atoms with Crippen molar-refractivity contribution in [2.45, 2.75) is 13.8 Å². The SMILES string of the molecule is Cc1cccc(NCCOc2cc(Cl)ccc2C)c1.